The molecule has 0 spiro atoms. The lowest BCUT2D eigenvalue weighted by atomic mass is 10.2. The third-order valence-electron chi connectivity index (χ3n) is 2.99. The van der Waals surface area contributed by atoms with Crippen LogP contribution in [-0.2, 0) is 6.54 Å². The third-order valence-corrected chi connectivity index (χ3v) is 4.00. The van der Waals surface area contributed by atoms with Crippen molar-refractivity contribution in [2.45, 2.75) is 42.5 Å². The van der Waals surface area contributed by atoms with Crippen LogP contribution in [0.1, 0.15) is 24.0 Å². The Hall–Kier alpha value is -1.46. The summed E-state index contributed by atoms with van der Waals surface area (Å²) in [6.07, 6.45) is 8.06. The molecule has 1 fully saturated rings. The fourth-order valence-electron chi connectivity index (χ4n) is 1.80. The van der Waals surface area contributed by atoms with E-state index >= 15 is 0 Å². The van der Waals surface area contributed by atoms with Gasteiger partial charge in [-0.1, -0.05) is 6.07 Å². The van der Waals surface area contributed by atoms with E-state index in [1.165, 1.54) is 35.7 Å². The Morgan fingerprint density at radius 1 is 1.26 bits per heavy atom. The van der Waals surface area contributed by atoms with Gasteiger partial charge >= 0.3 is 0 Å². The Morgan fingerprint density at radius 3 is 2.74 bits per heavy atom. The smallest absolute Gasteiger partial charge is 0.193 e. The summed E-state index contributed by atoms with van der Waals surface area (Å²) in [6, 6.07) is 4.73. The molecule has 1 saturated carbocycles. The molecule has 0 aliphatic heterocycles. The van der Waals surface area contributed by atoms with Crippen LogP contribution in [-0.4, -0.2) is 21.0 Å². The van der Waals surface area contributed by atoms with E-state index < -0.39 is 0 Å². The quantitative estimate of drug-likeness (QED) is 0.848. The number of hydrogen-bond donors (Lipinski definition) is 1. The topological polar surface area (TPSA) is 50.7 Å². The zero-order valence-corrected chi connectivity index (χ0v) is 11.7. The van der Waals surface area contributed by atoms with Crippen molar-refractivity contribution >= 4 is 11.8 Å². The zero-order chi connectivity index (χ0) is 13.1. The number of hydrogen-bond acceptors (Lipinski definition) is 5. The highest BCUT2D eigenvalue weighted by Gasteiger charge is 2.20. The van der Waals surface area contributed by atoms with E-state index in [4.69, 9.17) is 0 Å². The van der Waals surface area contributed by atoms with Gasteiger partial charge in [-0.05, 0) is 48.7 Å². The zero-order valence-electron chi connectivity index (χ0n) is 10.8. The maximum Gasteiger partial charge on any atom is 0.193 e. The number of aryl methyl sites for hydroxylation is 1. The van der Waals surface area contributed by atoms with Crippen molar-refractivity contribution in [1.29, 1.82) is 0 Å². The lowest BCUT2D eigenvalue weighted by Crippen LogP contribution is -2.15. The fourth-order valence-corrected chi connectivity index (χ4v) is 2.52. The molecule has 0 amide bonds. The van der Waals surface area contributed by atoms with Gasteiger partial charge in [0.05, 0.1) is 0 Å². The van der Waals surface area contributed by atoms with Crippen LogP contribution in [0.15, 0.2) is 40.9 Å². The SMILES string of the molecule is Cc1cc(CNC2CC2)cnc1Sc1ncccn1. The number of rotatable bonds is 5. The summed E-state index contributed by atoms with van der Waals surface area (Å²) in [5, 5.41) is 5.21. The van der Waals surface area contributed by atoms with Gasteiger partial charge in [-0.3, -0.25) is 0 Å². The van der Waals surface area contributed by atoms with Gasteiger partial charge in [0, 0.05) is 31.2 Å². The van der Waals surface area contributed by atoms with Crippen molar-refractivity contribution in [1.82, 2.24) is 20.3 Å². The van der Waals surface area contributed by atoms with Crippen LogP contribution in [0.25, 0.3) is 0 Å². The van der Waals surface area contributed by atoms with Crippen LogP contribution in [0.4, 0.5) is 0 Å². The normalized spacial score (nSPS) is 14.6. The summed E-state index contributed by atoms with van der Waals surface area (Å²) in [7, 11) is 0. The second-order valence-electron chi connectivity index (χ2n) is 4.75. The molecule has 3 rings (SSSR count). The molecule has 5 heteroatoms. The molecule has 0 unspecified atom stereocenters. The Balaban J connectivity index is 1.68. The Morgan fingerprint density at radius 2 is 2.05 bits per heavy atom. The van der Waals surface area contributed by atoms with E-state index in [9.17, 15) is 0 Å². The van der Waals surface area contributed by atoms with Crippen LogP contribution in [0.2, 0.25) is 0 Å². The monoisotopic (exact) mass is 272 g/mol. The van der Waals surface area contributed by atoms with Crippen molar-refractivity contribution in [2.75, 3.05) is 0 Å². The van der Waals surface area contributed by atoms with Crippen molar-refractivity contribution in [3.8, 4) is 0 Å². The molecule has 2 heterocycles. The van der Waals surface area contributed by atoms with Gasteiger partial charge in [0.15, 0.2) is 5.16 Å². The van der Waals surface area contributed by atoms with E-state index in [2.05, 4.69) is 33.3 Å². The first-order valence-electron chi connectivity index (χ1n) is 6.45. The lowest BCUT2D eigenvalue weighted by Gasteiger charge is -2.07. The fraction of sp³-hybridized carbons (Fsp3) is 0.357. The summed E-state index contributed by atoms with van der Waals surface area (Å²) >= 11 is 1.51. The van der Waals surface area contributed by atoms with Crippen LogP contribution in [0.3, 0.4) is 0 Å². The van der Waals surface area contributed by atoms with Crippen molar-refractivity contribution in [3.63, 3.8) is 0 Å². The minimum Gasteiger partial charge on any atom is -0.310 e. The molecular formula is C14H16N4S. The Kier molecular flexibility index (Phi) is 3.75. The van der Waals surface area contributed by atoms with Gasteiger partial charge in [-0.2, -0.15) is 0 Å². The van der Waals surface area contributed by atoms with E-state index in [0.717, 1.165) is 22.8 Å². The van der Waals surface area contributed by atoms with Gasteiger partial charge < -0.3 is 5.32 Å². The lowest BCUT2D eigenvalue weighted by molar-refractivity contribution is 0.684. The molecule has 0 aromatic carbocycles. The summed E-state index contributed by atoms with van der Waals surface area (Å²) in [4.78, 5) is 12.9. The molecule has 1 aliphatic rings. The Labute approximate surface area is 117 Å². The van der Waals surface area contributed by atoms with Gasteiger partial charge in [0.2, 0.25) is 0 Å². The van der Waals surface area contributed by atoms with Gasteiger partial charge in [-0.25, -0.2) is 15.0 Å². The summed E-state index contributed by atoms with van der Waals surface area (Å²) in [5.74, 6) is 0. The number of pyridine rings is 1. The highest BCUT2D eigenvalue weighted by molar-refractivity contribution is 7.99. The summed E-state index contributed by atoms with van der Waals surface area (Å²) < 4.78 is 0. The predicted octanol–water partition coefficient (Wildman–Crippen LogP) is 2.58. The van der Waals surface area contributed by atoms with E-state index in [0.29, 0.717) is 0 Å². The molecule has 19 heavy (non-hydrogen) atoms. The van der Waals surface area contributed by atoms with Crippen LogP contribution in [0.5, 0.6) is 0 Å². The largest absolute Gasteiger partial charge is 0.310 e. The van der Waals surface area contributed by atoms with Crippen LogP contribution in [0, 0.1) is 6.92 Å². The third kappa shape index (κ3) is 3.52. The molecule has 4 nitrogen and oxygen atoms in total. The first kappa shape index (κ1) is 12.6. The molecule has 0 saturated heterocycles. The maximum absolute atomic E-state index is 4.51. The molecule has 0 bridgehead atoms. The second-order valence-corrected chi connectivity index (χ2v) is 5.71. The minimum atomic E-state index is 0.729. The van der Waals surface area contributed by atoms with Crippen molar-refractivity contribution < 1.29 is 0 Å². The molecule has 0 atom stereocenters. The first-order chi connectivity index (χ1) is 9.31. The van der Waals surface area contributed by atoms with Crippen LogP contribution < -0.4 is 5.32 Å². The van der Waals surface area contributed by atoms with E-state index in [1.54, 1.807) is 12.4 Å². The van der Waals surface area contributed by atoms with Crippen molar-refractivity contribution in [3.05, 3.63) is 41.9 Å². The number of nitrogens with zero attached hydrogens (tertiary/aromatic N) is 3. The molecule has 2 aromatic heterocycles. The van der Waals surface area contributed by atoms with Gasteiger partial charge in [0.25, 0.3) is 0 Å². The predicted molar refractivity (Wildman–Crippen MR) is 75.0 cm³/mol. The molecule has 1 N–H and O–H groups in total. The minimum absolute atomic E-state index is 0.729. The standard InChI is InChI=1S/C14H16N4S/c1-10-7-11(8-17-12-3-4-12)9-18-13(10)19-14-15-5-2-6-16-14/h2,5-7,9,12,17H,3-4,8H2,1H3. The van der Waals surface area contributed by atoms with Gasteiger partial charge in [0.1, 0.15) is 5.03 Å². The first-order valence-corrected chi connectivity index (χ1v) is 7.27. The van der Waals surface area contributed by atoms with Gasteiger partial charge in [-0.15, -0.1) is 0 Å². The van der Waals surface area contributed by atoms with Crippen molar-refractivity contribution in [2.24, 2.45) is 0 Å². The highest BCUT2D eigenvalue weighted by Crippen LogP contribution is 2.26. The highest BCUT2D eigenvalue weighted by atomic mass is 32.2. The summed E-state index contributed by atoms with van der Waals surface area (Å²) in [5.41, 5.74) is 2.41. The second kappa shape index (κ2) is 5.67. The van der Waals surface area contributed by atoms with Crippen LogP contribution >= 0.6 is 11.8 Å². The summed E-state index contributed by atoms with van der Waals surface area (Å²) in [6.45, 7) is 2.99. The van der Waals surface area contributed by atoms with E-state index in [-0.39, 0.29) is 0 Å². The molecule has 1 aliphatic carbocycles. The molecule has 0 radical (unpaired) electrons. The average Bonchev–Trinajstić information content (AvgIpc) is 3.25. The molecule has 98 valence electrons. The maximum atomic E-state index is 4.51. The number of nitrogens with one attached hydrogen (secondary N) is 1. The van der Waals surface area contributed by atoms with E-state index in [1.807, 2.05) is 12.3 Å². The molecular weight excluding hydrogens is 256 g/mol. The Bertz CT molecular complexity index is 555. The average molecular weight is 272 g/mol. The molecule has 2 aromatic rings. The number of aromatic nitrogens is 3.